The molecule has 4 nitrogen and oxygen atoms in total. The van der Waals surface area contributed by atoms with Gasteiger partial charge in [0.1, 0.15) is 0 Å². The first-order valence-corrected chi connectivity index (χ1v) is 5.29. The summed E-state index contributed by atoms with van der Waals surface area (Å²) in [5.74, 6) is -0.946. The van der Waals surface area contributed by atoms with Crippen LogP contribution in [-0.4, -0.2) is 18.4 Å². The summed E-state index contributed by atoms with van der Waals surface area (Å²) in [6.07, 6.45) is 0. The normalized spacial score (nSPS) is 9.73. The fourth-order valence-electron chi connectivity index (χ4n) is 0.950. The smallest absolute Gasteiger partial charge is 0.252 e. The Balaban J connectivity index is 2.81. The minimum Gasteiger partial charge on any atom is -0.368 e. The predicted octanol–water partition coefficient (Wildman–Crippen LogP) is 0.953. The minimum atomic E-state index is -0.582. The molecule has 0 heterocycles. The van der Waals surface area contributed by atoms with E-state index in [-0.39, 0.29) is 12.5 Å². The summed E-state index contributed by atoms with van der Waals surface area (Å²) >= 11 is 7.34. The Hall–Kier alpha value is -1.01. The zero-order valence-corrected chi connectivity index (χ0v) is 10.1. The lowest BCUT2D eigenvalue weighted by molar-refractivity contribution is -0.117. The van der Waals surface area contributed by atoms with Gasteiger partial charge in [-0.2, -0.15) is 0 Å². The third kappa shape index (κ3) is 3.56. The van der Waals surface area contributed by atoms with Crippen LogP contribution in [0.4, 0.5) is 0 Å². The fourth-order valence-corrected chi connectivity index (χ4v) is 1.58. The Morgan fingerprint density at radius 3 is 2.73 bits per heavy atom. The van der Waals surface area contributed by atoms with E-state index in [1.807, 2.05) is 0 Å². The van der Waals surface area contributed by atoms with E-state index in [1.54, 1.807) is 18.2 Å². The number of nitrogens with two attached hydrogens (primary N) is 1. The SMILES string of the molecule is NC(=O)CNC(=O)c1cc(S)ccc1Br. The maximum Gasteiger partial charge on any atom is 0.252 e. The van der Waals surface area contributed by atoms with Gasteiger partial charge in [-0.1, -0.05) is 0 Å². The van der Waals surface area contributed by atoms with Gasteiger partial charge in [0.05, 0.1) is 12.1 Å². The summed E-state index contributed by atoms with van der Waals surface area (Å²) in [6.45, 7) is -0.178. The molecule has 0 saturated heterocycles. The lowest BCUT2D eigenvalue weighted by atomic mass is 10.2. The number of amides is 2. The summed E-state index contributed by atoms with van der Waals surface area (Å²) in [5.41, 5.74) is 5.33. The number of primary amides is 1. The first-order valence-electron chi connectivity index (χ1n) is 4.05. The van der Waals surface area contributed by atoms with Crippen molar-refractivity contribution in [3.63, 3.8) is 0 Å². The summed E-state index contributed by atoms with van der Waals surface area (Å²) in [4.78, 5) is 22.7. The van der Waals surface area contributed by atoms with Crippen molar-refractivity contribution >= 4 is 40.4 Å². The summed E-state index contributed by atoms with van der Waals surface area (Å²) < 4.78 is 0.641. The predicted molar refractivity (Wildman–Crippen MR) is 62.9 cm³/mol. The average molecular weight is 289 g/mol. The van der Waals surface area contributed by atoms with Crippen molar-refractivity contribution in [2.24, 2.45) is 5.73 Å². The first-order chi connectivity index (χ1) is 7.00. The van der Waals surface area contributed by atoms with E-state index >= 15 is 0 Å². The van der Waals surface area contributed by atoms with Gasteiger partial charge in [-0.25, -0.2) is 0 Å². The van der Waals surface area contributed by atoms with Crippen LogP contribution in [0.2, 0.25) is 0 Å². The van der Waals surface area contributed by atoms with Crippen LogP contribution in [0.15, 0.2) is 27.6 Å². The molecule has 3 N–H and O–H groups in total. The molecule has 0 radical (unpaired) electrons. The third-order valence-corrected chi connectivity index (χ3v) is 2.59. The van der Waals surface area contributed by atoms with E-state index in [9.17, 15) is 9.59 Å². The van der Waals surface area contributed by atoms with Crippen LogP contribution in [0.25, 0.3) is 0 Å². The van der Waals surface area contributed by atoms with Crippen molar-refractivity contribution in [2.45, 2.75) is 4.90 Å². The number of benzene rings is 1. The zero-order valence-electron chi connectivity index (χ0n) is 7.66. The Labute approximate surface area is 101 Å². The molecule has 0 aliphatic rings. The van der Waals surface area contributed by atoms with E-state index in [0.29, 0.717) is 14.9 Å². The highest BCUT2D eigenvalue weighted by atomic mass is 79.9. The molecule has 0 saturated carbocycles. The van der Waals surface area contributed by atoms with Gasteiger partial charge in [-0.3, -0.25) is 9.59 Å². The van der Waals surface area contributed by atoms with Crippen LogP contribution in [0.3, 0.4) is 0 Å². The highest BCUT2D eigenvalue weighted by Crippen LogP contribution is 2.19. The minimum absolute atomic E-state index is 0.178. The highest BCUT2D eigenvalue weighted by molar-refractivity contribution is 9.10. The quantitative estimate of drug-likeness (QED) is 0.725. The van der Waals surface area contributed by atoms with Gasteiger partial charge >= 0.3 is 0 Å². The fraction of sp³-hybridized carbons (Fsp3) is 0.111. The largest absolute Gasteiger partial charge is 0.368 e. The molecular weight excluding hydrogens is 280 g/mol. The number of nitrogens with one attached hydrogen (secondary N) is 1. The number of carbonyl (C=O) groups excluding carboxylic acids is 2. The molecule has 1 aromatic rings. The van der Waals surface area contributed by atoms with Gasteiger partial charge in [-0.05, 0) is 34.1 Å². The van der Waals surface area contributed by atoms with Crippen LogP contribution in [-0.2, 0) is 4.79 Å². The number of thiol groups is 1. The number of carbonyl (C=O) groups is 2. The molecule has 0 aromatic heterocycles. The van der Waals surface area contributed by atoms with Gasteiger partial charge in [-0.15, -0.1) is 12.6 Å². The zero-order chi connectivity index (χ0) is 11.4. The van der Waals surface area contributed by atoms with Crippen molar-refractivity contribution in [1.82, 2.24) is 5.32 Å². The Kier molecular flexibility index (Phi) is 4.16. The molecule has 0 unspecified atom stereocenters. The summed E-state index contributed by atoms with van der Waals surface area (Å²) in [5, 5.41) is 2.39. The number of rotatable bonds is 3. The number of hydrogen-bond acceptors (Lipinski definition) is 3. The second-order valence-corrected chi connectivity index (χ2v) is 4.18. The van der Waals surface area contributed by atoms with E-state index in [4.69, 9.17) is 5.73 Å². The average Bonchev–Trinajstić information content (AvgIpc) is 2.18. The van der Waals surface area contributed by atoms with Gasteiger partial charge in [0.2, 0.25) is 5.91 Å². The number of hydrogen-bond donors (Lipinski definition) is 3. The maximum atomic E-state index is 11.5. The molecule has 0 fully saturated rings. The number of halogens is 1. The standard InChI is InChI=1S/C9H9BrN2O2S/c10-7-2-1-5(15)3-6(7)9(14)12-4-8(11)13/h1-3,15H,4H2,(H2,11,13)(H,12,14). The van der Waals surface area contributed by atoms with Gasteiger partial charge in [0, 0.05) is 9.37 Å². The van der Waals surface area contributed by atoms with Crippen LogP contribution >= 0.6 is 28.6 Å². The maximum absolute atomic E-state index is 11.5. The molecule has 0 bridgehead atoms. The van der Waals surface area contributed by atoms with Crippen molar-refractivity contribution < 1.29 is 9.59 Å². The molecule has 0 spiro atoms. The Bertz CT molecular complexity index is 409. The molecular formula is C9H9BrN2O2S. The molecule has 1 aromatic carbocycles. The van der Waals surface area contributed by atoms with Gasteiger partial charge in [0.25, 0.3) is 5.91 Å². The Morgan fingerprint density at radius 1 is 1.47 bits per heavy atom. The topological polar surface area (TPSA) is 72.2 Å². The van der Waals surface area contributed by atoms with Crippen molar-refractivity contribution in [3.8, 4) is 0 Å². The third-order valence-electron chi connectivity index (χ3n) is 1.62. The lowest BCUT2D eigenvalue weighted by Crippen LogP contribution is -2.33. The molecule has 80 valence electrons. The van der Waals surface area contributed by atoms with E-state index in [2.05, 4.69) is 33.9 Å². The summed E-state index contributed by atoms with van der Waals surface area (Å²) in [7, 11) is 0. The van der Waals surface area contributed by atoms with E-state index in [0.717, 1.165) is 0 Å². The molecule has 0 aliphatic carbocycles. The van der Waals surface area contributed by atoms with Crippen molar-refractivity contribution in [1.29, 1.82) is 0 Å². The van der Waals surface area contributed by atoms with Crippen LogP contribution < -0.4 is 11.1 Å². The second kappa shape index (κ2) is 5.18. The molecule has 0 aliphatic heterocycles. The van der Waals surface area contributed by atoms with Crippen molar-refractivity contribution in [3.05, 3.63) is 28.2 Å². The highest BCUT2D eigenvalue weighted by Gasteiger charge is 2.10. The first kappa shape index (κ1) is 12.1. The monoisotopic (exact) mass is 288 g/mol. The van der Waals surface area contributed by atoms with Gasteiger partial charge in [0.15, 0.2) is 0 Å². The van der Waals surface area contributed by atoms with Crippen LogP contribution in [0, 0.1) is 0 Å². The van der Waals surface area contributed by atoms with Crippen molar-refractivity contribution in [2.75, 3.05) is 6.54 Å². The Morgan fingerprint density at radius 2 is 2.13 bits per heavy atom. The van der Waals surface area contributed by atoms with E-state index in [1.165, 1.54) is 0 Å². The molecule has 6 heteroatoms. The lowest BCUT2D eigenvalue weighted by Gasteiger charge is -2.05. The van der Waals surface area contributed by atoms with E-state index < -0.39 is 5.91 Å². The molecule has 0 atom stereocenters. The molecule has 1 rings (SSSR count). The second-order valence-electron chi connectivity index (χ2n) is 2.81. The van der Waals surface area contributed by atoms with Crippen LogP contribution in [0.1, 0.15) is 10.4 Å². The molecule has 15 heavy (non-hydrogen) atoms. The summed E-state index contributed by atoms with van der Waals surface area (Å²) in [6, 6.07) is 5.06. The van der Waals surface area contributed by atoms with Crippen LogP contribution in [0.5, 0.6) is 0 Å². The van der Waals surface area contributed by atoms with Gasteiger partial charge < -0.3 is 11.1 Å². The molecule has 2 amide bonds.